The molecule has 34 heavy (non-hydrogen) atoms. The van der Waals surface area contributed by atoms with Crippen molar-refractivity contribution < 1.29 is 32.2 Å². The molecule has 0 aromatic heterocycles. The van der Waals surface area contributed by atoms with Gasteiger partial charge in [0.2, 0.25) is 5.91 Å². The summed E-state index contributed by atoms with van der Waals surface area (Å²) in [7, 11) is 2.67. The van der Waals surface area contributed by atoms with E-state index in [0.29, 0.717) is 11.6 Å². The van der Waals surface area contributed by atoms with Crippen LogP contribution in [0.25, 0.3) is 5.57 Å². The predicted molar refractivity (Wildman–Crippen MR) is 123 cm³/mol. The van der Waals surface area contributed by atoms with Gasteiger partial charge in [-0.1, -0.05) is 48.5 Å². The predicted octanol–water partition coefficient (Wildman–Crippen LogP) is 5.54. The maximum Gasteiger partial charge on any atom is 0.417 e. The second kappa shape index (κ2) is 10.6. The van der Waals surface area contributed by atoms with E-state index in [1.807, 2.05) is 0 Å². The number of ether oxygens (including phenoxy) is 2. The number of hydrogen-bond donors (Lipinski definition) is 2. The number of nitrogens with one attached hydrogen (secondary N) is 2. The number of allylic oxidation sites excluding steroid dienone is 1. The van der Waals surface area contributed by atoms with Gasteiger partial charge in [0.15, 0.2) is 0 Å². The van der Waals surface area contributed by atoms with Gasteiger partial charge in [-0.15, -0.1) is 0 Å². The third kappa shape index (κ3) is 5.94. The van der Waals surface area contributed by atoms with Crippen LogP contribution >= 0.6 is 0 Å². The molecule has 0 spiro atoms. The van der Waals surface area contributed by atoms with Crippen molar-refractivity contribution in [1.82, 2.24) is 0 Å². The molecule has 0 atom stereocenters. The van der Waals surface area contributed by atoms with Crippen molar-refractivity contribution in [3.63, 3.8) is 0 Å². The van der Waals surface area contributed by atoms with Crippen molar-refractivity contribution >= 4 is 28.8 Å². The highest BCUT2D eigenvalue weighted by Crippen LogP contribution is 2.37. The van der Waals surface area contributed by atoms with Crippen molar-refractivity contribution in [2.75, 3.05) is 24.9 Å². The smallest absolute Gasteiger partial charge is 0.417 e. The molecule has 0 fully saturated rings. The summed E-state index contributed by atoms with van der Waals surface area (Å²) in [5, 5.41) is 5.08. The molecule has 0 heterocycles. The molecule has 0 saturated carbocycles. The molecule has 2 N–H and O–H groups in total. The third-order valence-corrected chi connectivity index (χ3v) is 4.73. The molecule has 9 heteroatoms. The molecular weight excluding hydrogens is 449 g/mol. The number of amides is 2. The zero-order valence-electron chi connectivity index (χ0n) is 18.3. The van der Waals surface area contributed by atoms with E-state index < -0.39 is 23.6 Å². The van der Waals surface area contributed by atoms with Crippen molar-refractivity contribution in [3.05, 3.63) is 90.0 Å². The van der Waals surface area contributed by atoms with Crippen LogP contribution in [0.3, 0.4) is 0 Å². The normalized spacial score (nSPS) is 11.5. The maximum atomic E-state index is 13.6. The van der Waals surface area contributed by atoms with Gasteiger partial charge in [0.05, 0.1) is 31.2 Å². The van der Waals surface area contributed by atoms with Gasteiger partial charge < -0.3 is 20.1 Å². The standard InChI is InChI=1S/C25H21F3N2O4/c1-33-21-15-20(30-24(32)17-11-7-4-8-12-17)22(34-2)14-19(21)29-23(31)13-18(25(26,27)28)16-9-5-3-6-10-16/h3-15H,1-2H3,(H,29,31)(H,30,32)/b18-13-. The molecule has 0 aliphatic heterocycles. The van der Waals surface area contributed by atoms with Crippen molar-refractivity contribution in [1.29, 1.82) is 0 Å². The third-order valence-electron chi connectivity index (χ3n) is 4.73. The van der Waals surface area contributed by atoms with Gasteiger partial charge in [-0.05, 0) is 17.7 Å². The van der Waals surface area contributed by atoms with E-state index >= 15 is 0 Å². The Morgan fingerprint density at radius 2 is 1.24 bits per heavy atom. The first kappa shape index (κ1) is 24.4. The van der Waals surface area contributed by atoms with Crippen LogP contribution in [0.5, 0.6) is 11.5 Å². The molecule has 6 nitrogen and oxygen atoms in total. The lowest BCUT2D eigenvalue weighted by molar-refractivity contribution is -0.112. The highest BCUT2D eigenvalue weighted by Gasteiger charge is 2.35. The van der Waals surface area contributed by atoms with Gasteiger partial charge in [0.25, 0.3) is 5.91 Å². The first-order valence-corrected chi connectivity index (χ1v) is 10.0. The second-order valence-corrected chi connectivity index (χ2v) is 6.98. The van der Waals surface area contributed by atoms with E-state index in [2.05, 4.69) is 10.6 Å². The van der Waals surface area contributed by atoms with E-state index in [1.165, 1.54) is 50.6 Å². The molecule has 3 aromatic rings. The van der Waals surface area contributed by atoms with Crippen LogP contribution in [0.1, 0.15) is 15.9 Å². The Morgan fingerprint density at radius 3 is 1.71 bits per heavy atom. The molecule has 3 rings (SSSR count). The van der Waals surface area contributed by atoms with Crippen LogP contribution in [0.15, 0.2) is 78.9 Å². The monoisotopic (exact) mass is 470 g/mol. The number of carbonyl (C=O) groups excluding carboxylic acids is 2. The number of benzene rings is 3. The lowest BCUT2D eigenvalue weighted by Crippen LogP contribution is -2.17. The van der Waals surface area contributed by atoms with Crippen LogP contribution in [0.2, 0.25) is 0 Å². The van der Waals surface area contributed by atoms with Crippen molar-refractivity contribution in [2.24, 2.45) is 0 Å². The van der Waals surface area contributed by atoms with Gasteiger partial charge >= 0.3 is 6.18 Å². The van der Waals surface area contributed by atoms with Crippen molar-refractivity contribution in [3.8, 4) is 11.5 Å². The molecule has 0 aliphatic carbocycles. The minimum Gasteiger partial charge on any atom is -0.494 e. The van der Waals surface area contributed by atoms with Crippen LogP contribution in [0.4, 0.5) is 24.5 Å². The average Bonchev–Trinajstić information content (AvgIpc) is 2.83. The Hall–Kier alpha value is -4.27. The quantitative estimate of drug-likeness (QED) is 0.445. The summed E-state index contributed by atoms with van der Waals surface area (Å²) in [5.41, 5.74) is -0.515. The lowest BCUT2D eigenvalue weighted by atomic mass is 10.1. The van der Waals surface area contributed by atoms with Gasteiger partial charge in [0, 0.05) is 23.8 Å². The van der Waals surface area contributed by atoms with Crippen LogP contribution in [0, 0.1) is 0 Å². The van der Waals surface area contributed by atoms with Crippen molar-refractivity contribution in [2.45, 2.75) is 6.18 Å². The molecule has 0 unspecified atom stereocenters. The Bertz CT molecular complexity index is 1190. The number of hydrogen-bond acceptors (Lipinski definition) is 4. The Morgan fingerprint density at radius 1 is 0.765 bits per heavy atom. The first-order chi connectivity index (χ1) is 16.2. The zero-order chi connectivity index (χ0) is 24.7. The minimum absolute atomic E-state index is 0.0629. The summed E-state index contributed by atoms with van der Waals surface area (Å²) < 4.78 is 51.2. The fourth-order valence-corrected chi connectivity index (χ4v) is 3.12. The molecule has 0 radical (unpaired) electrons. The highest BCUT2D eigenvalue weighted by molar-refractivity contribution is 6.07. The minimum atomic E-state index is -4.74. The molecule has 176 valence electrons. The summed E-state index contributed by atoms with van der Waals surface area (Å²) in [5.74, 6) is -1.14. The van der Waals surface area contributed by atoms with E-state index in [0.717, 1.165) is 0 Å². The van der Waals surface area contributed by atoms with E-state index in [-0.39, 0.29) is 28.4 Å². The van der Waals surface area contributed by atoms with Gasteiger partial charge in [-0.25, -0.2) is 0 Å². The summed E-state index contributed by atoms with van der Waals surface area (Å²) in [4.78, 5) is 25.0. The fourth-order valence-electron chi connectivity index (χ4n) is 3.12. The Labute approximate surface area is 194 Å². The van der Waals surface area contributed by atoms with Crippen LogP contribution in [-0.2, 0) is 4.79 Å². The number of anilines is 2. The molecule has 2 amide bonds. The zero-order valence-corrected chi connectivity index (χ0v) is 18.3. The number of carbonyl (C=O) groups is 2. The number of halogens is 3. The average molecular weight is 470 g/mol. The topological polar surface area (TPSA) is 76.7 Å². The van der Waals surface area contributed by atoms with Crippen LogP contribution in [-0.4, -0.2) is 32.2 Å². The van der Waals surface area contributed by atoms with E-state index in [9.17, 15) is 22.8 Å². The summed E-state index contributed by atoms with van der Waals surface area (Å²) in [6, 6.07) is 18.2. The summed E-state index contributed by atoms with van der Waals surface area (Å²) in [6.07, 6.45) is -4.27. The second-order valence-electron chi connectivity index (χ2n) is 6.98. The van der Waals surface area contributed by atoms with Crippen LogP contribution < -0.4 is 20.1 Å². The summed E-state index contributed by atoms with van der Waals surface area (Å²) >= 11 is 0. The van der Waals surface area contributed by atoms with Gasteiger partial charge in [0.1, 0.15) is 11.5 Å². The number of rotatable bonds is 7. The Balaban J connectivity index is 1.90. The largest absolute Gasteiger partial charge is 0.494 e. The van der Waals surface area contributed by atoms with Gasteiger partial charge in [-0.2, -0.15) is 13.2 Å². The molecule has 0 aliphatic rings. The van der Waals surface area contributed by atoms with E-state index in [4.69, 9.17) is 9.47 Å². The Kier molecular flexibility index (Phi) is 7.57. The molecular formula is C25H21F3N2O4. The molecule has 0 bridgehead atoms. The molecule has 3 aromatic carbocycles. The summed E-state index contributed by atoms with van der Waals surface area (Å²) in [6.45, 7) is 0. The SMILES string of the molecule is COc1cc(NC(=O)c2ccccc2)c(OC)cc1NC(=O)/C=C(/c1ccccc1)C(F)(F)F. The van der Waals surface area contributed by atoms with E-state index in [1.54, 1.807) is 36.4 Å². The first-order valence-electron chi connectivity index (χ1n) is 10.0. The lowest BCUT2D eigenvalue weighted by Gasteiger charge is -2.16. The number of alkyl halides is 3. The maximum absolute atomic E-state index is 13.6. The van der Waals surface area contributed by atoms with Gasteiger partial charge in [-0.3, -0.25) is 9.59 Å². The molecule has 0 saturated heterocycles. The number of methoxy groups -OCH3 is 2. The fraction of sp³-hybridized carbons (Fsp3) is 0.120. The highest BCUT2D eigenvalue weighted by atomic mass is 19.4.